The van der Waals surface area contributed by atoms with E-state index in [1.807, 2.05) is 0 Å². The van der Waals surface area contributed by atoms with Gasteiger partial charge in [0, 0.05) is 19.2 Å². The standard InChI is InChI=1S/C14H18ClNO3/c15-13-5-4-11(18)9-12(13)14(19)16-7-2-1-3-10(16)6-8-17/h4-5,9-10,17-18H,1-3,6-8H2. The zero-order chi connectivity index (χ0) is 13.8. The first-order valence-corrected chi connectivity index (χ1v) is 6.91. The van der Waals surface area contributed by atoms with Crippen LogP contribution >= 0.6 is 11.6 Å². The molecule has 0 spiro atoms. The van der Waals surface area contributed by atoms with Gasteiger partial charge in [0.2, 0.25) is 0 Å². The largest absolute Gasteiger partial charge is 0.508 e. The van der Waals surface area contributed by atoms with E-state index in [-0.39, 0.29) is 24.3 Å². The van der Waals surface area contributed by atoms with Crippen molar-refractivity contribution in [2.75, 3.05) is 13.2 Å². The average Bonchev–Trinajstić information content (AvgIpc) is 2.42. The molecule has 0 aromatic heterocycles. The predicted molar refractivity (Wildman–Crippen MR) is 73.5 cm³/mol. The lowest BCUT2D eigenvalue weighted by atomic mass is 9.98. The third kappa shape index (κ3) is 3.19. The molecule has 0 bridgehead atoms. The maximum atomic E-state index is 12.5. The van der Waals surface area contributed by atoms with Gasteiger partial charge in [-0.2, -0.15) is 0 Å². The number of phenols is 1. The number of hydrogen-bond acceptors (Lipinski definition) is 3. The van der Waals surface area contributed by atoms with E-state index in [1.54, 1.807) is 4.90 Å². The molecule has 104 valence electrons. The quantitative estimate of drug-likeness (QED) is 0.896. The SMILES string of the molecule is O=C(c1cc(O)ccc1Cl)N1CCCCC1CCO. The third-order valence-electron chi connectivity index (χ3n) is 3.53. The van der Waals surface area contributed by atoms with Crippen molar-refractivity contribution in [3.05, 3.63) is 28.8 Å². The Hall–Kier alpha value is -1.26. The average molecular weight is 284 g/mol. The Bertz CT molecular complexity index is 462. The lowest BCUT2D eigenvalue weighted by Crippen LogP contribution is -2.44. The fourth-order valence-corrected chi connectivity index (χ4v) is 2.75. The summed E-state index contributed by atoms with van der Waals surface area (Å²) in [5.41, 5.74) is 0.325. The van der Waals surface area contributed by atoms with Gasteiger partial charge in [-0.3, -0.25) is 4.79 Å². The number of nitrogens with zero attached hydrogens (tertiary/aromatic N) is 1. The van der Waals surface area contributed by atoms with Crippen LogP contribution in [-0.2, 0) is 0 Å². The Morgan fingerprint density at radius 1 is 1.42 bits per heavy atom. The van der Waals surface area contributed by atoms with Gasteiger partial charge < -0.3 is 15.1 Å². The first-order valence-electron chi connectivity index (χ1n) is 6.54. The maximum absolute atomic E-state index is 12.5. The number of aliphatic hydroxyl groups is 1. The van der Waals surface area contributed by atoms with Gasteiger partial charge in [0.15, 0.2) is 0 Å². The minimum atomic E-state index is -0.168. The molecular weight excluding hydrogens is 266 g/mol. The highest BCUT2D eigenvalue weighted by Crippen LogP contribution is 2.27. The van der Waals surface area contributed by atoms with Crippen molar-refractivity contribution >= 4 is 17.5 Å². The summed E-state index contributed by atoms with van der Waals surface area (Å²) in [4.78, 5) is 14.3. The monoisotopic (exact) mass is 283 g/mol. The lowest BCUT2D eigenvalue weighted by molar-refractivity contribution is 0.0574. The second-order valence-corrected chi connectivity index (χ2v) is 5.23. The van der Waals surface area contributed by atoms with Crippen LogP contribution in [0, 0.1) is 0 Å². The van der Waals surface area contributed by atoms with Gasteiger partial charge in [-0.25, -0.2) is 0 Å². The number of rotatable bonds is 3. The lowest BCUT2D eigenvalue weighted by Gasteiger charge is -2.35. The van der Waals surface area contributed by atoms with Crippen LogP contribution in [-0.4, -0.2) is 40.2 Å². The molecule has 0 aliphatic carbocycles. The number of amides is 1. The maximum Gasteiger partial charge on any atom is 0.255 e. The molecule has 1 unspecified atom stereocenters. The van der Waals surface area contributed by atoms with E-state index in [0.29, 0.717) is 23.6 Å². The van der Waals surface area contributed by atoms with Crippen molar-refractivity contribution in [3.8, 4) is 5.75 Å². The number of halogens is 1. The Labute approximate surface area is 117 Å². The zero-order valence-corrected chi connectivity index (χ0v) is 11.4. The van der Waals surface area contributed by atoms with Crippen LogP contribution in [0.2, 0.25) is 5.02 Å². The molecule has 1 aliphatic heterocycles. The molecule has 1 aromatic rings. The summed E-state index contributed by atoms with van der Waals surface area (Å²) in [6.45, 7) is 0.748. The van der Waals surface area contributed by atoms with Crippen molar-refractivity contribution in [3.63, 3.8) is 0 Å². The summed E-state index contributed by atoms with van der Waals surface area (Å²) in [6.07, 6.45) is 3.53. The molecule has 0 saturated carbocycles. The molecule has 1 fully saturated rings. The zero-order valence-electron chi connectivity index (χ0n) is 10.7. The van der Waals surface area contributed by atoms with E-state index in [4.69, 9.17) is 16.7 Å². The van der Waals surface area contributed by atoms with Crippen LogP contribution < -0.4 is 0 Å². The van der Waals surface area contributed by atoms with Gasteiger partial charge in [0.05, 0.1) is 10.6 Å². The van der Waals surface area contributed by atoms with E-state index >= 15 is 0 Å². The number of benzene rings is 1. The van der Waals surface area contributed by atoms with Crippen LogP contribution in [0.15, 0.2) is 18.2 Å². The number of likely N-dealkylation sites (tertiary alicyclic amines) is 1. The van der Waals surface area contributed by atoms with Crippen molar-refractivity contribution in [1.29, 1.82) is 0 Å². The fraction of sp³-hybridized carbons (Fsp3) is 0.500. The second-order valence-electron chi connectivity index (χ2n) is 4.82. The highest BCUT2D eigenvalue weighted by Gasteiger charge is 2.28. The molecule has 1 heterocycles. The molecule has 1 aromatic carbocycles. The Balaban J connectivity index is 2.23. The highest BCUT2D eigenvalue weighted by molar-refractivity contribution is 6.33. The van der Waals surface area contributed by atoms with Crippen LogP contribution in [0.3, 0.4) is 0 Å². The molecule has 5 heteroatoms. The molecular formula is C14H18ClNO3. The third-order valence-corrected chi connectivity index (χ3v) is 3.86. The summed E-state index contributed by atoms with van der Waals surface area (Å²) in [5.74, 6) is -0.137. The van der Waals surface area contributed by atoms with Gasteiger partial charge in [-0.1, -0.05) is 11.6 Å². The Kier molecular flexibility index (Phi) is 4.66. The van der Waals surface area contributed by atoms with Gasteiger partial charge in [-0.05, 0) is 43.9 Å². The molecule has 1 amide bonds. The summed E-state index contributed by atoms with van der Waals surface area (Å²) in [7, 11) is 0. The smallest absolute Gasteiger partial charge is 0.255 e. The van der Waals surface area contributed by atoms with Crippen molar-refractivity contribution in [1.82, 2.24) is 4.90 Å². The number of hydrogen-bond donors (Lipinski definition) is 2. The first-order chi connectivity index (χ1) is 9.13. The molecule has 0 radical (unpaired) electrons. The van der Waals surface area contributed by atoms with E-state index < -0.39 is 0 Å². The molecule has 1 aliphatic rings. The summed E-state index contributed by atoms with van der Waals surface area (Å²) in [5, 5.41) is 18.9. The number of aliphatic hydroxyl groups excluding tert-OH is 1. The van der Waals surface area contributed by atoms with Gasteiger partial charge in [-0.15, -0.1) is 0 Å². The van der Waals surface area contributed by atoms with E-state index in [9.17, 15) is 9.90 Å². The normalized spacial score (nSPS) is 19.5. The second kappa shape index (κ2) is 6.26. The number of carbonyl (C=O) groups is 1. The molecule has 2 rings (SSSR count). The molecule has 4 nitrogen and oxygen atoms in total. The number of carbonyl (C=O) groups excluding carboxylic acids is 1. The minimum absolute atomic E-state index is 0.0310. The van der Waals surface area contributed by atoms with E-state index in [0.717, 1.165) is 19.3 Å². The topological polar surface area (TPSA) is 60.8 Å². The summed E-state index contributed by atoms with van der Waals surface area (Å²) < 4.78 is 0. The van der Waals surface area contributed by atoms with Crippen LogP contribution in [0.5, 0.6) is 5.75 Å². The first kappa shape index (κ1) is 14.2. The van der Waals surface area contributed by atoms with Gasteiger partial charge >= 0.3 is 0 Å². The number of aromatic hydroxyl groups is 1. The van der Waals surface area contributed by atoms with Crippen molar-refractivity contribution in [2.24, 2.45) is 0 Å². The van der Waals surface area contributed by atoms with Gasteiger partial charge in [0.1, 0.15) is 5.75 Å². The molecule has 1 saturated heterocycles. The van der Waals surface area contributed by atoms with Crippen molar-refractivity contribution in [2.45, 2.75) is 31.7 Å². The summed E-state index contributed by atoms with van der Waals surface area (Å²) >= 11 is 6.03. The molecule has 19 heavy (non-hydrogen) atoms. The number of phenolic OH excluding ortho intramolecular Hbond substituents is 1. The predicted octanol–water partition coefficient (Wildman–Crippen LogP) is 2.42. The van der Waals surface area contributed by atoms with E-state index in [1.165, 1.54) is 18.2 Å². The minimum Gasteiger partial charge on any atom is -0.508 e. The fourth-order valence-electron chi connectivity index (χ4n) is 2.55. The highest BCUT2D eigenvalue weighted by atomic mass is 35.5. The Morgan fingerprint density at radius 2 is 2.21 bits per heavy atom. The summed E-state index contributed by atoms with van der Waals surface area (Å²) in [6, 6.07) is 4.44. The Morgan fingerprint density at radius 3 is 2.95 bits per heavy atom. The molecule has 2 N–H and O–H groups in total. The van der Waals surface area contributed by atoms with Crippen LogP contribution in [0.25, 0.3) is 0 Å². The van der Waals surface area contributed by atoms with Crippen molar-refractivity contribution < 1.29 is 15.0 Å². The van der Waals surface area contributed by atoms with E-state index in [2.05, 4.69) is 0 Å². The van der Waals surface area contributed by atoms with Crippen LogP contribution in [0.1, 0.15) is 36.0 Å². The molecule has 1 atom stereocenters. The number of piperidine rings is 1. The van der Waals surface area contributed by atoms with Crippen LogP contribution in [0.4, 0.5) is 0 Å². The van der Waals surface area contributed by atoms with Gasteiger partial charge in [0.25, 0.3) is 5.91 Å².